The fourth-order valence-electron chi connectivity index (χ4n) is 4.60. The van der Waals surface area contributed by atoms with Crippen molar-refractivity contribution in [1.82, 2.24) is 0 Å². The molecule has 1 aromatic rings. The number of rotatable bonds is 3. The fraction of sp³-hybridized carbons (Fsp3) is 0.667. The van der Waals surface area contributed by atoms with Gasteiger partial charge in [0.1, 0.15) is 11.4 Å². The maximum absolute atomic E-state index is 13.0. The molecule has 1 aliphatic heterocycles. The van der Waals surface area contributed by atoms with E-state index >= 15 is 0 Å². The van der Waals surface area contributed by atoms with Crippen LogP contribution in [0.2, 0.25) is 0 Å². The Bertz CT molecular complexity index is 707. The Hall–Kier alpha value is -2.18. The molecule has 4 rings (SSSR count). The number of nitrogens with one attached hydrogen (secondary N) is 2. The summed E-state index contributed by atoms with van der Waals surface area (Å²) in [5.74, 6) is 0. The first-order valence-corrected chi connectivity index (χ1v) is 9.44. The number of anilines is 2. The van der Waals surface area contributed by atoms with Crippen molar-refractivity contribution in [3.63, 3.8) is 0 Å². The van der Waals surface area contributed by atoms with Crippen molar-refractivity contribution < 1.29 is 9.68 Å². The van der Waals surface area contributed by atoms with E-state index in [0.29, 0.717) is 17.1 Å². The molecule has 2 fully saturated rings. The van der Waals surface area contributed by atoms with Crippen molar-refractivity contribution in [2.24, 2.45) is 0 Å². The Morgan fingerprint density at radius 1 is 1.12 bits per heavy atom. The van der Waals surface area contributed by atoms with Crippen molar-refractivity contribution in [1.29, 1.82) is 0 Å². The average molecular weight is 345 g/mol. The average Bonchev–Trinajstić information content (AvgIpc) is 2.89. The summed E-state index contributed by atoms with van der Waals surface area (Å²) in [7, 11) is 0. The topological polar surface area (TPSA) is 87.3 Å². The van der Waals surface area contributed by atoms with E-state index in [1.807, 2.05) is 0 Å². The van der Waals surface area contributed by atoms with Gasteiger partial charge in [-0.15, -0.1) is 0 Å². The van der Waals surface area contributed by atoms with E-state index in [9.17, 15) is 15.0 Å². The number of fused-ring (bicyclic) bond motifs is 1. The lowest BCUT2D eigenvalue weighted by Crippen LogP contribution is -2.43. The fourth-order valence-corrected chi connectivity index (χ4v) is 4.60. The van der Waals surface area contributed by atoms with Gasteiger partial charge in [0.2, 0.25) is 0 Å². The second-order valence-electron chi connectivity index (χ2n) is 7.60. The minimum atomic E-state index is -0.626. The number of nitro benzene ring substituents is 1. The normalized spacial score (nSPS) is 22.5. The molecule has 1 spiro atoms. The Labute approximate surface area is 146 Å². The Kier molecular flexibility index (Phi) is 4.09. The zero-order valence-electron chi connectivity index (χ0n) is 14.4. The highest BCUT2D eigenvalue weighted by Gasteiger charge is 2.55. The Morgan fingerprint density at radius 2 is 1.80 bits per heavy atom. The molecule has 1 heterocycles. The predicted octanol–water partition coefficient (Wildman–Crippen LogP) is 4.84. The van der Waals surface area contributed by atoms with E-state index in [1.54, 1.807) is 6.07 Å². The molecule has 2 aliphatic carbocycles. The van der Waals surface area contributed by atoms with Crippen LogP contribution in [0.25, 0.3) is 0 Å². The van der Waals surface area contributed by atoms with E-state index in [1.165, 1.54) is 12.5 Å². The highest BCUT2D eigenvalue weighted by Crippen LogP contribution is 2.51. The summed E-state index contributed by atoms with van der Waals surface area (Å²) in [6, 6.07) is 3.31. The molecule has 0 saturated heterocycles. The van der Waals surface area contributed by atoms with Gasteiger partial charge in [-0.1, -0.05) is 25.7 Å². The SMILES string of the molecule is O=[N+]([O-])c1ccc2c(c1NC1CCCCC1)NC1(CCCCC1)[N+]2=O. The lowest BCUT2D eigenvalue weighted by molar-refractivity contribution is -0.542. The Balaban J connectivity index is 1.73. The summed E-state index contributed by atoms with van der Waals surface area (Å²) >= 11 is 0. The first-order chi connectivity index (χ1) is 12.1. The van der Waals surface area contributed by atoms with E-state index in [2.05, 4.69) is 10.6 Å². The van der Waals surface area contributed by atoms with Gasteiger partial charge in [-0.05, 0) is 25.7 Å². The van der Waals surface area contributed by atoms with Gasteiger partial charge in [0, 0.05) is 35.9 Å². The summed E-state index contributed by atoms with van der Waals surface area (Å²) in [6.45, 7) is 0. The van der Waals surface area contributed by atoms with Crippen LogP contribution in [-0.4, -0.2) is 21.4 Å². The van der Waals surface area contributed by atoms with E-state index in [4.69, 9.17) is 0 Å². The van der Waals surface area contributed by atoms with Gasteiger partial charge in [-0.3, -0.25) is 10.1 Å². The summed E-state index contributed by atoms with van der Waals surface area (Å²) in [5.41, 5.74) is 1.08. The Morgan fingerprint density at radius 3 is 2.48 bits per heavy atom. The molecule has 1 aromatic carbocycles. The van der Waals surface area contributed by atoms with Crippen molar-refractivity contribution >= 4 is 22.7 Å². The molecular weight excluding hydrogens is 320 g/mol. The maximum atomic E-state index is 13.0. The van der Waals surface area contributed by atoms with Crippen molar-refractivity contribution in [2.45, 2.75) is 75.9 Å². The second kappa shape index (κ2) is 6.28. The third-order valence-electron chi connectivity index (χ3n) is 5.96. The second-order valence-corrected chi connectivity index (χ2v) is 7.60. The van der Waals surface area contributed by atoms with Crippen LogP contribution < -0.4 is 10.6 Å². The molecule has 0 unspecified atom stereocenters. The molecule has 7 heteroatoms. The monoisotopic (exact) mass is 345 g/mol. The molecule has 3 aliphatic rings. The van der Waals surface area contributed by atoms with Gasteiger partial charge in [0.25, 0.3) is 17.0 Å². The van der Waals surface area contributed by atoms with Crippen LogP contribution in [0.5, 0.6) is 0 Å². The van der Waals surface area contributed by atoms with Gasteiger partial charge in [0.05, 0.1) is 9.68 Å². The molecule has 0 radical (unpaired) electrons. The summed E-state index contributed by atoms with van der Waals surface area (Å²) in [5, 5.41) is 18.4. The lowest BCUT2D eigenvalue weighted by Gasteiger charge is -2.26. The van der Waals surface area contributed by atoms with Crippen molar-refractivity contribution in [2.75, 3.05) is 10.6 Å². The number of hydrogen-bond acceptors (Lipinski definition) is 5. The number of nitrogens with zero attached hydrogens (tertiary/aromatic N) is 2. The van der Waals surface area contributed by atoms with Crippen LogP contribution >= 0.6 is 0 Å². The number of benzene rings is 1. The predicted molar refractivity (Wildman–Crippen MR) is 96.3 cm³/mol. The smallest absolute Gasteiger partial charge is 0.294 e. The highest BCUT2D eigenvalue weighted by atomic mass is 16.6. The molecule has 7 nitrogen and oxygen atoms in total. The van der Waals surface area contributed by atoms with Crippen molar-refractivity contribution in [3.05, 3.63) is 27.2 Å². The molecule has 0 amide bonds. The van der Waals surface area contributed by atoms with Gasteiger partial charge in [-0.2, -0.15) is 0 Å². The minimum Gasteiger partial charge on any atom is -0.375 e. The molecular formula is C18H25N4O3+. The van der Waals surface area contributed by atoms with Crippen LogP contribution in [0, 0.1) is 15.0 Å². The zero-order valence-corrected chi connectivity index (χ0v) is 14.4. The van der Waals surface area contributed by atoms with Crippen LogP contribution in [0.4, 0.5) is 22.7 Å². The molecule has 25 heavy (non-hydrogen) atoms. The molecule has 0 aromatic heterocycles. The highest BCUT2D eigenvalue weighted by molar-refractivity contribution is 5.87. The third kappa shape index (κ3) is 2.75. The quantitative estimate of drug-likeness (QED) is 0.465. The van der Waals surface area contributed by atoms with Crippen LogP contribution in [-0.2, 0) is 0 Å². The first-order valence-electron chi connectivity index (χ1n) is 9.44. The van der Waals surface area contributed by atoms with E-state index in [0.717, 1.165) is 62.5 Å². The molecule has 2 N–H and O–H groups in total. The molecule has 2 saturated carbocycles. The molecule has 134 valence electrons. The van der Waals surface area contributed by atoms with E-state index in [-0.39, 0.29) is 16.7 Å². The van der Waals surface area contributed by atoms with Gasteiger partial charge < -0.3 is 10.6 Å². The third-order valence-corrected chi connectivity index (χ3v) is 5.96. The summed E-state index contributed by atoms with van der Waals surface area (Å²) in [4.78, 5) is 24.2. The van der Waals surface area contributed by atoms with E-state index < -0.39 is 5.66 Å². The molecule has 0 bridgehead atoms. The zero-order chi connectivity index (χ0) is 17.4. The van der Waals surface area contributed by atoms with Crippen molar-refractivity contribution in [3.8, 4) is 0 Å². The summed E-state index contributed by atoms with van der Waals surface area (Å²) < 4.78 is 1.07. The van der Waals surface area contributed by atoms with Crippen LogP contribution in [0.1, 0.15) is 64.2 Å². The molecule has 0 atom stereocenters. The van der Waals surface area contributed by atoms with Crippen LogP contribution in [0.3, 0.4) is 0 Å². The lowest BCUT2D eigenvalue weighted by atomic mass is 9.89. The standard InChI is InChI=1S/C18H25N4O3/c23-21-14-9-10-15(22(24)25)16(19-13-7-3-1-4-8-13)17(14)20-18(21)11-5-2-6-12-18/h9-10,13,19-20H,1-8,11-12H2/q+1. The van der Waals surface area contributed by atoms with Gasteiger partial charge >= 0.3 is 0 Å². The largest absolute Gasteiger partial charge is 0.375 e. The van der Waals surface area contributed by atoms with Gasteiger partial charge in [0.15, 0.2) is 0 Å². The summed E-state index contributed by atoms with van der Waals surface area (Å²) in [6.07, 6.45) is 10.3. The first kappa shape index (κ1) is 16.3. The number of nitro groups is 1. The number of nitroso groups, excluding NO2 is 1. The maximum Gasteiger partial charge on any atom is 0.294 e. The van der Waals surface area contributed by atoms with Gasteiger partial charge in [-0.25, -0.2) is 0 Å². The van der Waals surface area contributed by atoms with Crippen LogP contribution in [0.15, 0.2) is 12.1 Å². The minimum absolute atomic E-state index is 0.0538. The number of hydrogen-bond donors (Lipinski definition) is 2.